The number of hydroxylamine groups is 2. The summed E-state index contributed by atoms with van der Waals surface area (Å²) >= 11 is 0. The first-order chi connectivity index (χ1) is 11.7. The van der Waals surface area contributed by atoms with Gasteiger partial charge in [-0.1, -0.05) is 13.3 Å². The second kappa shape index (κ2) is 7.79. The van der Waals surface area contributed by atoms with Crippen LogP contribution in [0.5, 0.6) is 0 Å². The number of carbonyl (C=O) groups excluding carboxylic acids is 2. The van der Waals surface area contributed by atoms with Gasteiger partial charge < -0.3 is 4.90 Å². The summed E-state index contributed by atoms with van der Waals surface area (Å²) in [6, 6.07) is 1.81. The van der Waals surface area contributed by atoms with Crippen LogP contribution < -0.4 is 0 Å². The molecule has 1 fully saturated rings. The number of nitrogens with zero attached hydrogens (tertiary/aromatic N) is 4. The van der Waals surface area contributed by atoms with Gasteiger partial charge in [-0.3, -0.25) is 19.1 Å². The second-order valence-corrected chi connectivity index (χ2v) is 6.54. The molecular weight excluding hydrogens is 308 g/mol. The molecular formula is C17H26N4O3. The van der Waals surface area contributed by atoms with Crippen LogP contribution in [0.3, 0.4) is 0 Å². The van der Waals surface area contributed by atoms with E-state index in [9.17, 15) is 9.59 Å². The van der Waals surface area contributed by atoms with E-state index in [2.05, 4.69) is 12.0 Å². The summed E-state index contributed by atoms with van der Waals surface area (Å²) in [5, 5.41) is 5.84. The molecule has 0 bridgehead atoms. The van der Waals surface area contributed by atoms with Crippen molar-refractivity contribution in [1.29, 1.82) is 0 Å². The lowest BCUT2D eigenvalue weighted by molar-refractivity contribution is -0.198. The summed E-state index contributed by atoms with van der Waals surface area (Å²) < 4.78 is 1.89. The number of carbonyl (C=O) groups is 2. The van der Waals surface area contributed by atoms with Crippen molar-refractivity contribution in [1.82, 2.24) is 19.7 Å². The number of hydrogen-bond donors (Lipinski definition) is 0. The minimum atomic E-state index is -0.118. The molecule has 0 aliphatic carbocycles. The Labute approximate surface area is 142 Å². The van der Waals surface area contributed by atoms with Crippen molar-refractivity contribution >= 4 is 11.8 Å². The van der Waals surface area contributed by atoms with Crippen LogP contribution in [0.2, 0.25) is 0 Å². The Morgan fingerprint density at radius 2 is 2.21 bits per heavy atom. The molecule has 0 N–H and O–H groups in total. The zero-order chi connectivity index (χ0) is 16.9. The van der Waals surface area contributed by atoms with Gasteiger partial charge in [0, 0.05) is 25.7 Å². The van der Waals surface area contributed by atoms with Gasteiger partial charge in [-0.05, 0) is 25.3 Å². The van der Waals surface area contributed by atoms with Crippen LogP contribution in [-0.4, -0.2) is 51.3 Å². The highest BCUT2D eigenvalue weighted by molar-refractivity contribution is 5.77. The van der Waals surface area contributed by atoms with Gasteiger partial charge >= 0.3 is 0 Å². The molecule has 3 heterocycles. The molecule has 2 amide bonds. The molecule has 0 radical (unpaired) electrons. The molecule has 1 aromatic heterocycles. The molecule has 24 heavy (non-hydrogen) atoms. The molecule has 0 unspecified atom stereocenters. The average molecular weight is 334 g/mol. The van der Waals surface area contributed by atoms with E-state index >= 15 is 0 Å². The third kappa shape index (κ3) is 3.77. The number of hydrogen-bond acceptors (Lipinski definition) is 4. The number of unbranched alkanes of at least 4 members (excludes halogenated alkanes) is 1. The summed E-state index contributed by atoms with van der Waals surface area (Å²) in [6.45, 7) is 4.45. The van der Waals surface area contributed by atoms with E-state index in [1.165, 1.54) is 5.06 Å². The number of amides is 2. The maximum Gasteiger partial charge on any atom is 0.248 e. The molecule has 0 spiro atoms. The first-order valence-electron chi connectivity index (χ1n) is 8.92. The van der Waals surface area contributed by atoms with E-state index in [-0.39, 0.29) is 17.9 Å². The summed E-state index contributed by atoms with van der Waals surface area (Å²) in [5.41, 5.74) is 0.989. The van der Waals surface area contributed by atoms with Gasteiger partial charge in [-0.15, -0.1) is 0 Å². The molecule has 2 aliphatic heterocycles. The predicted octanol–water partition coefficient (Wildman–Crippen LogP) is 1.90. The normalized spacial score (nSPS) is 20.8. The van der Waals surface area contributed by atoms with Crippen LogP contribution >= 0.6 is 0 Å². The number of aromatic nitrogens is 2. The minimum Gasteiger partial charge on any atom is -0.335 e. The lowest BCUT2D eigenvalue weighted by atomic mass is 10.1. The Balaban J connectivity index is 1.67. The van der Waals surface area contributed by atoms with E-state index < -0.39 is 0 Å². The van der Waals surface area contributed by atoms with Crippen molar-refractivity contribution in [2.45, 2.75) is 58.0 Å². The fourth-order valence-corrected chi connectivity index (χ4v) is 3.31. The monoisotopic (exact) mass is 334 g/mol. The Bertz CT molecular complexity index is 580. The third-order valence-electron chi connectivity index (χ3n) is 4.67. The van der Waals surface area contributed by atoms with E-state index in [1.807, 2.05) is 15.6 Å². The molecule has 1 saturated heterocycles. The summed E-state index contributed by atoms with van der Waals surface area (Å²) in [4.78, 5) is 32.2. The standard InChI is InChI=1S/C17H26N4O3/c1-2-3-6-16(22)19-12-14-7-8-18-21(14)15(13-19)11-17(23)20-9-4-5-10-24-20/h7-8,15H,2-6,9-13H2,1H3/t15-/m0/s1. The highest BCUT2D eigenvalue weighted by Crippen LogP contribution is 2.25. The highest BCUT2D eigenvalue weighted by atomic mass is 16.7. The van der Waals surface area contributed by atoms with E-state index in [4.69, 9.17) is 4.84 Å². The quantitative estimate of drug-likeness (QED) is 0.825. The van der Waals surface area contributed by atoms with Crippen molar-refractivity contribution < 1.29 is 14.4 Å². The van der Waals surface area contributed by atoms with E-state index in [1.54, 1.807) is 6.20 Å². The van der Waals surface area contributed by atoms with E-state index in [0.29, 0.717) is 39.1 Å². The van der Waals surface area contributed by atoms with E-state index in [0.717, 1.165) is 31.4 Å². The first kappa shape index (κ1) is 17.0. The topological polar surface area (TPSA) is 67.7 Å². The predicted molar refractivity (Wildman–Crippen MR) is 87.7 cm³/mol. The largest absolute Gasteiger partial charge is 0.335 e. The van der Waals surface area contributed by atoms with Gasteiger partial charge in [-0.25, -0.2) is 5.06 Å². The van der Waals surface area contributed by atoms with Gasteiger partial charge in [0.15, 0.2) is 0 Å². The average Bonchev–Trinajstić information content (AvgIpc) is 3.09. The zero-order valence-corrected chi connectivity index (χ0v) is 14.3. The second-order valence-electron chi connectivity index (χ2n) is 6.54. The van der Waals surface area contributed by atoms with Crippen LogP contribution in [0.4, 0.5) is 0 Å². The van der Waals surface area contributed by atoms with Crippen LogP contribution in [0.1, 0.15) is 57.2 Å². The SMILES string of the molecule is CCCCC(=O)N1Cc2ccnn2[C@@H](CC(=O)N2CCCCO2)C1. The van der Waals surface area contributed by atoms with Crippen molar-refractivity contribution in [3.05, 3.63) is 18.0 Å². The van der Waals surface area contributed by atoms with Crippen molar-refractivity contribution in [3.8, 4) is 0 Å². The Kier molecular flexibility index (Phi) is 5.50. The summed E-state index contributed by atoms with van der Waals surface area (Å²) in [7, 11) is 0. The Morgan fingerprint density at radius 1 is 1.33 bits per heavy atom. The summed E-state index contributed by atoms with van der Waals surface area (Å²) in [5.74, 6) is 0.139. The maximum atomic E-state index is 12.5. The van der Waals surface area contributed by atoms with Crippen LogP contribution in [0.25, 0.3) is 0 Å². The van der Waals surface area contributed by atoms with Crippen LogP contribution in [-0.2, 0) is 21.0 Å². The summed E-state index contributed by atoms with van der Waals surface area (Å²) in [6.07, 6.45) is 6.50. The smallest absolute Gasteiger partial charge is 0.248 e. The fourth-order valence-electron chi connectivity index (χ4n) is 3.31. The fraction of sp³-hybridized carbons (Fsp3) is 0.706. The molecule has 7 nitrogen and oxygen atoms in total. The van der Waals surface area contributed by atoms with Gasteiger partial charge in [0.25, 0.3) is 0 Å². The third-order valence-corrected chi connectivity index (χ3v) is 4.67. The number of rotatable bonds is 5. The van der Waals surface area contributed by atoms with Crippen LogP contribution in [0.15, 0.2) is 12.3 Å². The van der Waals surface area contributed by atoms with Gasteiger partial charge in [0.2, 0.25) is 11.8 Å². The van der Waals surface area contributed by atoms with Gasteiger partial charge in [-0.2, -0.15) is 5.10 Å². The van der Waals surface area contributed by atoms with Gasteiger partial charge in [0.1, 0.15) is 0 Å². The molecule has 1 atom stereocenters. The van der Waals surface area contributed by atoms with Crippen molar-refractivity contribution in [2.24, 2.45) is 0 Å². The zero-order valence-electron chi connectivity index (χ0n) is 14.3. The number of fused-ring (bicyclic) bond motifs is 1. The lowest BCUT2D eigenvalue weighted by Gasteiger charge is -2.35. The van der Waals surface area contributed by atoms with Gasteiger partial charge in [0.05, 0.1) is 31.3 Å². The highest BCUT2D eigenvalue weighted by Gasteiger charge is 2.31. The van der Waals surface area contributed by atoms with Crippen LogP contribution in [0, 0.1) is 0 Å². The molecule has 3 rings (SSSR count). The van der Waals surface area contributed by atoms with Crippen molar-refractivity contribution in [3.63, 3.8) is 0 Å². The molecule has 132 valence electrons. The Morgan fingerprint density at radius 3 is 2.96 bits per heavy atom. The first-order valence-corrected chi connectivity index (χ1v) is 8.92. The molecule has 0 saturated carbocycles. The molecule has 0 aromatic carbocycles. The Hall–Kier alpha value is -1.89. The molecule has 7 heteroatoms. The minimum absolute atomic E-state index is 0.0241. The molecule has 2 aliphatic rings. The lowest BCUT2D eigenvalue weighted by Crippen LogP contribution is -2.44. The maximum absolute atomic E-state index is 12.5. The van der Waals surface area contributed by atoms with Crippen molar-refractivity contribution in [2.75, 3.05) is 19.7 Å². The molecule has 1 aromatic rings.